The highest BCUT2D eigenvalue weighted by Gasteiger charge is 2.59. The standard InChI is InChI=1S/C14H22O7/c1-7(15)17-10-9(8-6-16-13(2,3)19-8)18-12-11(10)20-14(4,5)21-12/h8-12H,6H2,1-5H3/t8-,9-,10+,11-,12+/m0/s1. The number of hydrogen-bond acceptors (Lipinski definition) is 7. The lowest BCUT2D eigenvalue weighted by Gasteiger charge is -2.28. The molecule has 3 aliphatic heterocycles. The molecule has 7 nitrogen and oxygen atoms in total. The Morgan fingerprint density at radius 1 is 1.05 bits per heavy atom. The number of carbonyl (C=O) groups excluding carboxylic acids is 1. The van der Waals surface area contributed by atoms with Crippen molar-refractivity contribution in [1.82, 2.24) is 0 Å². The lowest BCUT2D eigenvalue weighted by molar-refractivity contribution is -0.235. The highest BCUT2D eigenvalue weighted by molar-refractivity contribution is 5.66. The van der Waals surface area contributed by atoms with Crippen molar-refractivity contribution >= 4 is 5.97 Å². The summed E-state index contributed by atoms with van der Waals surface area (Å²) in [6, 6.07) is 0. The van der Waals surface area contributed by atoms with Crippen LogP contribution in [-0.2, 0) is 33.2 Å². The fraction of sp³-hybridized carbons (Fsp3) is 0.929. The van der Waals surface area contributed by atoms with E-state index in [1.807, 2.05) is 13.8 Å². The minimum Gasteiger partial charge on any atom is -0.457 e. The van der Waals surface area contributed by atoms with Gasteiger partial charge in [0.2, 0.25) is 0 Å². The van der Waals surface area contributed by atoms with Crippen LogP contribution in [0.15, 0.2) is 0 Å². The second-order valence-corrected chi connectivity index (χ2v) is 6.51. The number of ether oxygens (including phenoxy) is 6. The molecule has 0 aromatic heterocycles. The highest BCUT2D eigenvalue weighted by Crippen LogP contribution is 2.41. The van der Waals surface area contributed by atoms with E-state index in [0.717, 1.165) is 0 Å². The summed E-state index contributed by atoms with van der Waals surface area (Å²) in [5.74, 6) is -1.82. The van der Waals surface area contributed by atoms with Crippen LogP contribution in [0.5, 0.6) is 0 Å². The molecule has 7 heteroatoms. The van der Waals surface area contributed by atoms with E-state index >= 15 is 0 Å². The summed E-state index contributed by atoms with van der Waals surface area (Å²) in [5.41, 5.74) is 0. The Morgan fingerprint density at radius 2 is 1.76 bits per heavy atom. The fourth-order valence-corrected chi connectivity index (χ4v) is 3.01. The smallest absolute Gasteiger partial charge is 0.303 e. The van der Waals surface area contributed by atoms with Crippen LogP contribution in [0, 0.1) is 0 Å². The lowest BCUT2D eigenvalue weighted by atomic mass is 10.1. The molecule has 3 aliphatic rings. The Morgan fingerprint density at radius 3 is 2.33 bits per heavy atom. The van der Waals surface area contributed by atoms with E-state index in [-0.39, 0.29) is 12.1 Å². The van der Waals surface area contributed by atoms with E-state index < -0.39 is 36.2 Å². The Kier molecular flexibility index (Phi) is 3.53. The zero-order chi connectivity index (χ0) is 15.4. The Labute approximate surface area is 123 Å². The van der Waals surface area contributed by atoms with Crippen molar-refractivity contribution in [3.05, 3.63) is 0 Å². The molecule has 21 heavy (non-hydrogen) atoms. The number of fused-ring (bicyclic) bond motifs is 1. The van der Waals surface area contributed by atoms with Crippen molar-refractivity contribution in [3.63, 3.8) is 0 Å². The van der Waals surface area contributed by atoms with Crippen molar-refractivity contribution in [3.8, 4) is 0 Å². The first-order valence-electron chi connectivity index (χ1n) is 7.17. The van der Waals surface area contributed by atoms with Gasteiger partial charge in [-0.05, 0) is 27.7 Å². The minimum absolute atomic E-state index is 0.328. The first-order chi connectivity index (χ1) is 9.67. The first kappa shape index (κ1) is 15.2. The molecule has 0 saturated carbocycles. The minimum atomic E-state index is -0.759. The van der Waals surface area contributed by atoms with Gasteiger partial charge in [0.15, 0.2) is 30.1 Å². The topological polar surface area (TPSA) is 72.5 Å². The van der Waals surface area contributed by atoms with Crippen molar-refractivity contribution < 1.29 is 33.2 Å². The molecule has 3 heterocycles. The predicted molar refractivity (Wildman–Crippen MR) is 69.2 cm³/mol. The van der Waals surface area contributed by atoms with Gasteiger partial charge in [0.25, 0.3) is 0 Å². The van der Waals surface area contributed by atoms with Gasteiger partial charge < -0.3 is 28.4 Å². The molecule has 0 aromatic rings. The molecule has 0 N–H and O–H groups in total. The molecule has 0 bridgehead atoms. The molecule has 0 radical (unpaired) electrons. The predicted octanol–water partition coefficient (Wildman–Crippen LogP) is 0.946. The fourth-order valence-electron chi connectivity index (χ4n) is 3.01. The molecule has 5 atom stereocenters. The quantitative estimate of drug-likeness (QED) is 0.703. The second kappa shape index (κ2) is 4.89. The second-order valence-electron chi connectivity index (χ2n) is 6.51. The third kappa shape index (κ3) is 2.93. The summed E-state index contributed by atoms with van der Waals surface area (Å²) < 4.78 is 34.2. The van der Waals surface area contributed by atoms with Crippen molar-refractivity contribution in [2.45, 2.75) is 76.9 Å². The molecular formula is C14H22O7. The third-order valence-corrected chi connectivity index (χ3v) is 3.73. The van der Waals surface area contributed by atoms with Crippen LogP contribution < -0.4 is 0 Å². The summed E-state index contributed by atoms with van der Waals surface area (Å²) in [6.07, 6.45) is -2.40. The van der Waals surface area contributed by atoms with Gasteiger partial charge in [0, 0.05) is 6.92 Å². The molecule has 0 aromatic carbocycles. The molecule has 3 saturated heterocycles. The highest BCUT2D eigenvalue weighted by atomic mass is 16.8. The van der Waals surface area contributed by atoms with Crippen LogP contribution in [0.1, 0.15) is 34.6 Å². The monoisotopic (exact) mass is 302 g/mol. The maximum atomic E-state index is 11.4. The maximum absolute atomic E-state index is 11.4. The van der Waals surface area contributed by atoms with Crippen LogP contribution >= 0.6 is 0 Å². The number of hydrogen-bond donors (Lipinski definition) is 0. The average Bonchev–Trinajstić information content (AvgIpc) is 2.90. The number of esters is 1. The molecule has 0 spiro atoms. The maximum Gasteiger partial charge on any atom is 0.303 e. The van der Waals surface area contributed by atoms with Crippen LogP contribution in [-0.4, -0.2) is 54.9 Å². The summed E-state index contributed by atoms with van der Waals surface area (Å²) in [5, 5.41) is 0. The molecule has 0 unspecified atom stereocenters. The lowest BCUT2D eigenvalue weighted by Crippen LogP contribution is -2.44. The zero-order valence-corrected chi connectivity index (χ0v) is 13.0. The third-order valence-electron chi connectivity index (χ3n) is 3.73. The van der Waals surface area contributed by atoms with E-state index in [9.17, 15) is 4.79 Å². The largest absolute Gasteiger partial charge is 0.457 e. The first-order valence-corrected chi connectivity index (χ1v) is 7.17. The zero-order valence-electron chi connectivity index (χ0n) is 13.0. The summed E-state index contributed by atoms with van der Waals surface area (Å²) in [7, 11) is 0. The molecular weight excluding hydrogens is 280 g/mol. The summed E-state index contributed by atoms with van der Waals surface area (Å²) >= 11 is 0. The summed E-state index contributed by atoms with van der Waals surface area (Å²) in [6.45, 7) is 9.00. The van der Waals surface area contributed by atoms with Gasteiger partial charge in [-0.1, -0.05) is 0 Å². The molecule has 120 valence electrons. The van der Waals surface area contributed by atoms with Crippen molar-refractivity contribution in [2.75, 3.05) is 6.61 Å². The number of carbonyl (C=O) groups is 1. The van der Waals surface area contributed by atoms with E-state index in [1.54, 1.807) is 13.8 Å². The Bertz CT molecular complexity index is 433. The van der Waals surface area contributed by atoms with Crippen LogP contribution in [0.25, 0.3) is 0 Å². The summed E-state index contributed by atoms with van der Waals surface area (Å²) in [4.78, 5) is 11.4. The molecule has 0 aliphatic carbocycles. The molecule has 3 rings (SSSR count). The average molecular weight is 302 g/mol. The molecule has 3 fully saturated rings. The van der Waals surface area contributed by atoms with Gasteiger partial charge in [-0.2, -0.15) is 0 Å². The Balaban J connectivity index is 1.77. The normalized spacial score (nSPS) is 43.8. The van der Waals surface area contributed by atoms with Crippen LogP contribution in [0.2, 0.25) is 0 Å². The van der Waals surface area contributed by atoms with E-state index in [1.165, 1.54) is 6.92 Å². The van der Waals surface area contributed by atoms with E-state index in [4.69, 9.17) is 28.4 Å². The van der Waals surface area contributed by atoms with Gasteiger partial charge in [-0.15, -0.1) is 0 Å². The SMILES string of the molecule is CC(=O)O[C@H]1[C@@H]2OC(C)(C)O[C@H]2O[C@H]1[C@@H]1COC(C)(C)O1. The Hall–Kier alpha value is -0.730. The van der Waals surface area contributed by atoms with Crippen molar-refractivity contribution in [1.29, 1.82) is 0 Å². The number of rotatable bonds is 2. The van der Waals surface area contributed by atoms with Gasteiger partial charge in [0.05, 0.1) is 6.61 Å². The van der Waals surface area contributed by atoms with Crippen LogP contribution in [0.4, 0.5) is 0 Å². The van der Waals surface area contributed by atoms with Gasteiger partial charge in [-0.25, -0.2) is 0 Å². The van der Waals surface area contributed by atoms with Gasteiger partial charge in [0.1, 0.15) is 12.2 Å². The van der Waals surface area contributed by atoms with Crippen molar-refractivity contribution in [2.24, 2.45) is 0 Å². The van der Waals surface area contributed by atoms with Gasteiger partial charge >= 0.3 is 5.97 Å². The van der Waals surface area contributed by atoms with Crippen LogP contribution in [0.3, 0.4) is 0 Å². The van der Waals surface area contributed by atoms with E-state index in [0.29, 0.717) is 6.61 Å². The van der Waals surface area contributed by atoms with Gasteiger partial charge in [-0.3, -0.25) is 4.79 Å². The molecule has 0 amide bonds. The van der Waals surface area contributed by atoms with E-state index in [2.05, 4.69) is 0 Å².